The minimum atomic E-state index is -1.74. The molecule has 8 atom stereocenters. The molecule has 4 rings (SSSR count). The van der Waals surface area contributed by atoms with Crippen molar-refractivity contribution < 1.29 is 68.0 Å². The van der Waals surface area contributed by atoms with E-state index in [0.29, 0.717) is 5.56 Å². The van der Waals surface area contributed by atoms with Gasteiger partial charge in [0.05, 0.1) is 32.5 Å². The highest BCUT2D eigenvalue weighted by Gasteiger charge is 2.55. The second-order valence-corrected chi connectivity index (χ2v) is 9.70. The largest absolute Gasteiger partial charge is 0.504 e. The number of aliphatic hydroxyl groups is 3. The Hall–Kier alpha value is -3.95. The van der Waals surface area contributed by atoms with Crippen LogP contribution in [0, 0.1) is 5.92 Å². The molecular formula is C28H32O14. The van der Waals surface area contributed by atoms with Crippen molar-refractivity contribution in [1.82, 2.24) is 0 Å². The zero-order valence-electron chi connectivity index (χ0n) is 22.8. The van der Waals surface area contributed by atoms with Gasteiger partial charge in [0, 0.05) is 19.4 Å². The van der Waals surface area contributed by atoms with Crippen molar-refractivity contribution >= 4 is 24.0 Å². The summed E-state index contributed by atoms with van der Waals surface area (Å²) < 4.78 is 37.8. The molecule has 2 saturated heterocycles. The van der Waals surface area contributed by atoms with E-state index in [1.807, 2.05) is 0 Å². The van der Waals surface area contributed by atoms with E-state index in [-0.39, 0.29) is 30.1 Å². The third-order valence-electron chi connectivity index (χ3n) is 7.06. The van der Waals surface area contributed by atoms with Gasteiger partial charge in [0.2, 0.25) is 12.6 Å². The number of fused-ring (bicyclic) bond motifs is 1. The van der Waals surface area contributed by atoms with Crippen LogP contribution in [-0.2, 0) is 42.8 Å². The number of aliphatic hydroxyl groups excluding tert-OH is 2. The summed E-state index contributed by atoms with van der Waals surface area (Å²) in [6, 6.07) is 4.36. The molecule has 4 N–H and O–H groups in total. The molecular weight excluding hydrogens is 560 g/mol. The van der Waals surface area contributed by atoms with E-state index in [1.54, 1.807) is 0 Å². The van der Waals surface area contributed by atoms with Gasteiger partial charge >= 0.3 is 17.9 Å². The molecule has 0 aromatic heterocycles. The number of methoxy groups -OCH3 is 1. The first-order valence-corrected chi connectivity index (χ1v) is 12.9. The van der Waals surface area contributed by atoms with E-state index in [4.69, 9.17) is 33.2 Å². The number of phenols is 1. The number of esters is 3. The minimum Gasteiger partial charge on any atom is -0.504 e. The monoisotopic (exact) mass is 592 g/mol. The molecule has 3 aliphatic rings. The molecule has 3 aliphatic heterocycles. The first kappa shape index (κ1) is 31.0. The summed E-state index contributed by atoms with van der Waals surface area (Å²) in [7, 11) is 1.37. The number of rotatable bonds is 9. The van der Waals surface area contributed by atoms with Gasteiger partial charge in [-0.25, -0.2) is 9.59 Å². The second-order valence-electron chi connectivity index (χ2n) is 9.70. The number of cyclic esters (lactones) is 1. The Morgan fingerprint density at radius 1 is 1.21 bits per heavy atom. The maximum atomic E-state index is 12.6. The van der Waals surface area contributed by atoms with Gasteiger partial charge in [0.15, 0.2) is 23.7 Å². The fraction of sp³-hybridized carbons (Fsp3) is 0.464. The third-order valence-corrected chi connectivity index (χ3v) is 7.06. The number of hydrogen-bond acceptors (Lipinski definition) is 14. The summed E-state index contributed by atoms with van der Waals surface area (Å²) >= 11 is 0. The zero-order chi connectivity index (χ0) is 30.6. The molecule has 14 heteroatoms. The van der Waals surface area contributed by atoms with Crippen LogP contribution in [0.15, 0.2) is 48.8 Å². The average molecular weight is 593 g/mol. The highest BCUT2D eigenvalue weighted by Crippen LogP contribution is 2.42. The van der Waals surface area contributed by atoms with Crippen molar-refractivity contribution in [3.05, 3.63) is 54.3 Å². The third kappa shape index (κ3) is 6.27. The molecule has 228 valence electrons. The van der Waals surface area contributed by atoms with E-state index in [1.165, 1.54) is 37.5 Å². The Bertz CT molecular complexity index is 1260. The van der Waals surface area contributed by atoms with E-state index >= 15 is 0 Å². The van der Waals surface area contributed by atoms with Gasteiger partial charge in [0.1, 0.15) is 23.4 Å². The normalized spacial score (nSPS) is 32.5. The Balaban J connectivity index is 1.52. The lowest BCUT2D eigenvalue weighted by Gasteiger charge is -2.47. The lowest BCUT2D eigenvalue weighted by atomic mass is 9.76. The van der Waals surface area contributed by atoms with Crippen LogP contribution in [-0.4, -0.2) is 101 Å². The molecule has 0 bridgehead atoms. The summed E-state index contributed by atoms with van der Waals surface area (Å²) in [6.45, 7) is 3.98. The highest BCUT2D eigenvalue weighted by atomic mass is 16.8. The number of ether oxygens (including phenoxy) is 7. The molecule has 0 radical (unpaired) electrons. The molecule has 2 fully saturated rings. The van der Waals surface area contributed by atoms with Crippen molar-refractivity contribution in [3.63, 3.8) is 0 Å². The fourth-order valence-corrected chi connectivity index (χ4v) is 4.93. The maximum Gasteiger partial charge on any atom is 0.340 e. The van der Waals surface area contributed by atoms with E-state index < -0.39 is 73.0 Å². The quantitative estimate of drug-likeness (QED) is 0.130. The molecule has 0 aliphatic carbocycles. The first-order chi connectivity index (χ1) is 20.0. The van der Waals surface area contributed by atoms with Crippen molar-refractivity contribution in [1.29, 1.82) is 0 Å². The lowest BCUT2D eigenvalue weighted by molar-refractivity contribution is -0.345. The van der Waals surface area contributed by atoms with Crippen LogP contribution in [0.1, 0.15) is 18.9 Å². The van der Waals surface area contributed by atoms with E-state index in [9.17, 15) is 34.8 Å². The molecule has 42 heavy (non-hydrogen) atoms. The van der Waals surface area contributed by atoms with E-state index in [0.717, 1.165) is 19.3 Å². The number of benzene rings is 1. The summed E-state index contributed by atoms with van der Waals surface area (Å²) in [5.41, 5.74) is -1.38. The molecule has 1 aromatic rings. The van der Waals surface area contributed by atoms with Crippen LogP contribution in [0.5, 0.6) is 11.5 Å². The Labute approximate surface area is 240 Å². The summed E-state index contributed by atoms with van der Waals surface area (Å²) in [5, 5.41) is 42.2. The number of phenolic OH excluding ortho intramolecular Hbond substituents is 1. The van der Waals surface area contributed by atoms with Crippen LogP contribution < -0.4 is 4.74 Å². The van der Waals surface area contributed by atoms with Gasteiger partial charge in [-0.05, 0) is 23.8 Å². The maximum absolute atomic E-state index is 12.6. The fourth-order valence-electron chi connectivity index (χ4n) is 4.93. The van der Waals surface area contributed by atoms with Gasteiger partial charge in [-0.3, -0.25) is 4.79 Å². The second kappa shape index (κ2) is 12.9. The van der Waals surface area contributed by atoms with Gasteiger partial charge in [-0.15, -0.1) is 6.58 Å². The zero-order valence-corrected chi connectivity index (χ0v) is 22.8. The molecule has 3 heterocycles. The average Bonchev–Trinajstić information content (AvgIpc) is 2.95. The molecule has 0 saturated carbocycles. The van der Waals surface area contributed by atoms with Crippen LogP contribution in [0.2, 0.25) is 0 Å². The van der Waals surface area contributed by atoms with E-state index in [2.05, 4.69) is 6.58 Å². The number of carbonyl (C=O) groups excluding carboxylic acids is 3. The Morgan fingerprint density at radius 3 is 2.64 bits per heavy atom. The lowest BCUT2D eigenvalue weighted by Crippen LogP contribution is -2.63. The Kier molecular flexibility index (Phi) is 9.53. The van der Waals surface area contributed by atoms with Crippen molar-refractivity contribution in [2.45, 2.75) is 55.9 Å². The van der Waals surface area contributed by atoms with Gasteiger partial charge in [-0.2, -0.15) is 0 Å². The topological polar surface area (TPSA) is 197 Å². The van der Waals surface area contributed by atoms with Crippen LogP contribution in [0.25, 0.3) is 6.08 Å². The summed E-state index contributed by atoms with van der Waals surface area (Å²) in [5.74, 6) is -3.45. The predicted molar refractivity (Wildman–Crippen MR) is 139 cm³/mol. The highest BCUT2D eigenvalue weighted by molar-refractivity contribution is 5.91. The van der Waals surface area contributed by atoms with Crippen molar-refractivity contribution in [2.75, 3.05) is 20.3 Å². The number of hydrogen-bond donors (Lipinski definition) is 4. The standard InChI is InChI=1S/C28H32O14/c1-4-16-26(38-13-17-25(34)37-10-9-28(16,17)35)42-27-24(39-14(2)30)22(33)23(20(12-29)40-27)41-21(32)8-6-15-5-7-18(31)19(11-15)36-3/h4-8,11,13,16,20,22-24,26-27,29,31,33,35H,1,9-10,12H2,2-3H3/b8-6-/t16-,20+,22-,23+,24+,26-,27-,28+/m0/s1. The van der Waals surface area contributed by atoms with Crippen molar-refractivity contribution in [3.8, 4) is 11.5 Å². The van der Waals surface area contributed by atoms with Gasteiger partial charge in [-0.1, -0.05) is 12.1 Å². The summed E-state index contributed by atoms with van der Waals surface area (Å²) in [4.78, 5) is 36.7. The molecule has 0 unspecified atom stereocenters. The molecule has 0 amide bonds. The minimum absolute atomic E-state index is 0.0216. The van der Waals surface area contributed by atoms with Crippen LogP contribution in [0.3, 0.4) is 0 Å². The number of aromatic hydroxyl groups is 1. The predicted octanol–water partition coefficient (Wildman–Crippen LogP) is 0.0726. The molecule has 14 nitrogen and oxygen atoms in total. The molecule has 0 spiro atoms. The number of carbonyl (C=O) groups is 3. The SMILES string of the molecule is C=C[C@H]1[C@H](O[C@@H]2O[C@H](CO)[C@@H](OC(=O)/C=C\c3ccc(O)c(OC)c3)[C@H](O)[C@H]2OC(C)=O)OC=C2C(=O)OCC[C@]21O. The molecule has 1 aromatic carbocycles. The van der Waals surface area contributed by atoms with Crippen LogP contribution >= 0.6 is 0 Å². The van der Waals surface area contributed by atoms with Crippen LogP contribution in [0.4, 0.5) is 0 Å². The van der Waals surface area contributed by atoms with Gasteiger partial charge < -0.3 is 53.6 Å². The smallest absolute Gasteiger partial charge is 0.340 e. The van der Waals surface area contributed by atoms with Crippen molar-refractivity contribution in [2.24, 2.45) is 5.92 Å². The first-order valence-electron chi connectivity index (χ1n) is 12.9. The van der Waals surface area contributed by atoms with Gasteiger partial charge in [0.25, 0.3) is 0 Å². The summed E-state index contributed by atoms with van der Waals surface area (Å²) in [6.07, 6.45) is -4.30. The Morgan fingerprint density at radius 2 is 1.98 bits per heavy atom.